The van der Waals surface area contributed by atoms with E-state index in [0.717, 1.165) is 12.1 Å². The molecule has 0 unspecified atom stereocenters. The summed E-state index contributed by atoms with van der Waals surface area (Å²) in [5, 5.41) is 5.40. The molecule has 0 atom stereocenters. The molecule has 0 saturated heterocycles. The molecule has 0 bridgehead atoms. The second-order valence-electron chi connectivity index (χ2n) is 15.8. The van der Waals surface area contributed by atoms with E-state index in [9.17, 15) is 0 Å². The van der Waals surface area contributed by atoms with Crippen molar-refractivity contribution < 1.29 is 0 Å². The number of hydrogen-bond donors (Lipinski definition) is 0. The minimum absolute atomic E-state index is 0.0419. The van der Waals surface area contributed by atoms with Crippen molar-refractivity contribution in [2.75, 3.05) is 0 Å². The van der Waals surface area contributed by atoms with E-state index in [1.807, 2.05) is 17.5 Å². The number of hydrogen-bond acceptors (Lipinski definition) is 2. The zero-order valence-electron chi connectivity index (χ0n) is 26.2. The second-order valence-corrected chi connectivity index (χ2v) is 16.8. The van der Waals surface area contributed by atoms with Crippen molar-refractivity contribution in [3.05, 3.63) is 77.0 Å². The molecule has 0 spiro atoms. The van der Waals surface area contributed by atoms with Crippen LogP contribution in [0.3, 0.4) is 0 Å². The van der Waals surface area contributed by atoms with Crippen LogP contribution in [0.15, 0.2) is 54.7 Å². The highest BCUT2D eigenvalue weighted by molar-refractivity contribution is 7.26. The lowest BCUT2D eigenvalue weighted by atomic mass is 9.61. The van der Waals surface area contributed by atoms with Crippen molar-refractivity contribution >= 4 is 42.3 Å². The van der Waals surface area contributed by atoms with Gasteiger partial charge in [0.25, 0.3) is 0 Å². The van der Waals surface area contributed by atoms with Crippen LogP contribution in [-0.2, 0) is 22.7 Å². The van der Waals surface area contributed by atoms with Gasteiger partial charge < -0.3 is 0 Å². The number of pyridine rings is 1. The zero-order valence-corrected chi connectivity index (χ0v) is 27.0. The van der Waals surface area contributed by atoms with Gasteiger partial charge in [0.05, 0.1) is 10.4 Å². The summed E-state index contributed by atoms with van der Waals surface area (Å²) >= 11 is 1.98. The van der Waals surface area contributed by atoms with Gasteiger partial charge in [-0.2, -0.15) is 0 Å². The van der Waals surface area contributed by atoms with Crippen LogP contribution in [0.25, 0.3) is 42.2 Å². The molecule has 5 aromatic rings. The van der Waals surface area contributed by atoms with Crippen LogP contribution in [-0.4, -0.2) is 4.98 Å². The summed E-state index contributed by atoms with van der Waals surface area (Å²) in [7, 11) is 0. The Morgan fingerprint density at radius 2 is 1.43 bits per heavy atom. The van der Waals surface area contributed by atoms with Gasteiger partial charge in [-0.1, -0.05) is 93.5 Å². The Kier molecular flexibility index (Phi) is 6.10. The van der Waals surface area contributed by atoms with Crippen LogP contribution in [0.1, 0.15) is 104 Å². The molecule has 0 saturated carbocycles. The summed E-state index contributed by atoms with van der Waals surface area (Å²) in [5.74, 6) is 0. The highest BCUT2D eigenvalue weighted by atomic mass is 32.1. The molecule has 1 nitrogen and oxygen atoms in total. The van der Waals surface area contributed by atoms with E-state index in [4.69, 9.17) is 4.98 Å². The van der Waals surface area contributed by atoms with Gasteiger partial charge in [-0.15, -0.1) is 11.3 Å². The van der Waals surface area contributed by atoms with Crippen molar-refractivity contribution in [3.63, 3.8) is 0 Å². The van der Waals surface area contributed by atoms with Gasteiger partial charge in [-0.25, -0.2) is 0 Å². The smallest absolute Gasteiger partial charge is 0.0880 e. The van der Waals surface area contributed by atoms with E-state index < -0.39 is 0 Å². The molecular formula is C38H45NS. The highest BCUT2D eigenvalue weighted by Crippen LogP contribution is 2.54. The van der Waals surface area contributed by atoms with Gasteiger partial charge in [0.1, 0.15) is 0 Å². The first-order chi connectivity index (χ1) is 18.6. The van der Waals surface area contributed by atoms with Gasteiger partial charge in [-0.3, -0.25) is 4.98 Å². The minimum Gasteiger partial charge on any atom is -0.255 e. The van der Waals surface area contributed by atoms with Gasteiger partial charge in [0.15, 0.2) is 0 Å². The second kappa shape index (κ2) is 8.89. The molecule has 0 aliphatic heterocycles. The summed E-state index contributed by atoms with van der Waals surface area (Å²) < 4.78 is 2.80. The lowest BCUT2D eigenvalue weighted by molar-refractivity contribution is 0.327. The Labute approximate surface area is 245 Å². The van der Waals surface area contributed by atoms with Gasteiger partial charge in [0, 0.05) is 27.2 Å². The Hall–Kier alpha value is -2.71. The molecule has 0 radical (unpaired) electrons. The van der Waals surface area contributed by atoms with Gasteiger partial charge in [-0.05, 0) is 98.2 Å². The third-order valence-corrected chi connectivity index (χ3v) is 10.4. The largest absolute Gasteiger partial charge is 0.255 e. The number of benzene rings is 3. The van der Waals surface area contributed by atoms with E-state index >= 15 is 0 Å². The Morgan fingerprint density at radius 1 is 0.750 bits per heavy atom. The first-order valence-corrected chi connectivity index (χ1v) is 15.8. The summed E-state index contributed by atoms with van der Waals surface area (Å²) in [6.45, 7) is 24.0. The first kappa shape index (κ1) is 27.5. The van der Waals surface area contributed by atoms with Crippen molar-refractivity contribution in [3.8, 4) is 11.3 Å². The number of thiophene rings is 1. The fraction of sp³-hybridized carbons (Fsp3) is 0.447. The maximum atomic E-state index is 5.07. The topological polar surface area (TPSA) is 12.9 Å². The molecule has 208 valence electrons. The van der Waals surface area contributed by atoms with E-state index in [2.05, 4.69) is 118 Å². The molecular weight excluding hydrogens is 502 g/mol. The minimum atomic E-state index is 0.0419. The number of aromatic nitrogens is 1. The fourth-order valence-corrected chi connectivity index (χ4v) is 8.69. The molecule has 2 aromatic heterocycles. The van der Waals surface area contributed by atoms with Crippen LogP contribution in [0.5, 0.6) is 0 Å². The monoisotopic (exact) mass is 547 g/mol. The molecule has 6 rings (SSSR count). The summed E-state index contributed by atoms with van der Waals surface area (Å²) in [6, 6.07) is 18.4. The molecule has 0 amide bonds. The highest BCUT2D eigenvalue weighted by Gasteiger charge is 2.41. The number of fused-ring (bicyclic) bond motifs is 6. The van der Waals surface area contributed by atoms with Gasteiger partial charge >= 0.3 is 0 Å². The van der Waals surface area contributed by atoms with Crippen molar-refractivity contribution in [2.24, 2.45) is 5.41 Å². The predicted molar refractivity (Wildman–Crippen MR) is 177 cm³/mol. The standard InChI is InChI=1S/C38H45NS/c1-35(2,3)22-25-20-28-27-15-18-39-32(24-19-23-13-11-12-14-26(23)29(21-24)36(4,5)6)34(27)40-33(28)31-30(25)37(7,8)16-17-38(31,9)10/h11-15,18-21H,16-17,22H2,1-10H3. The number of nitrogens with zero attached hydrogens (tertiary/aromatic N) is 1. The lowest BCUT2D eigenvalue weighted by Gasteiger charge is -2.44. The predicted octanol–water partition coefficient (Wildman–Crippen LogP) is 11.5. The fourth-order valence-electron chi connectivity index (χ4n) is 7.17. The van der Waals surface area contributed by atoms with Crippen molar-refractivity contribution in [1.29, 1.82) is 0 Å². The Morgan fingerprint density at radius 3 is 2.10 bits per heavy atom. The average Bonchev–Trinajstić information content (AvgIpc) is 3.22. The summed E-state index contributed by atoms with van der Waals surface area (Å²) in [4.78, 5) is 5.07. The van der Waals surface area contributed by atoms with Crippen molar-refractivity contribution in [1.82, 2.24) is 4.98 Å². The lowest BCUT2D eigenvalue weighted by Crippen LogP contribution is -2.35. The van der Waals surface area contributed by atoms with E-state index in [1.54, 1.807) is 16.7 Å². The van der Waals surface area contributed by atoms with Crippen LogP contribution >= 0.6 is 11.3 Å². The molecule has 0 N–H and O–H groups in total. The molecule has 0 fully saturated rings. The van der Waals surface area contributed by atoms with Crippen molar-refractivity contribution in [2.45, 2.75) is 105 Å². The maximum absolute atomic E-state index is 5.07. The molecule has 40 heavy (non-hydrogen) atoms. The average molecular weight is 548 g/mol. The third-order valence-electron chi connectivity index (χ3n) is 9.15. The molecule has 2 heteroatoms. The Balaban J connectivity index is 1.71. The van der Waals surface area contributed by atoms with Crippen LogP contribution in [0, 0.1) is 5.41 Å². The number of rotatable bonds is 2. The quantitative estimate of drug-likeness (QED) is 0.214. The van der Waals surface area contributed by atoms with E-state index in [1.165, 1.54) is 54.9 Å². The Bertz CT molecular complexity index is 1780. The molecule has 1 aliphatic rings. The molecule has 1 aliphatic carbocycles. The van der Waals surface area contributed by atoms with Crippen LogP contribution in [0.2, 0.25) is 0 Å². The first-order valence-electron chi connectivity index (χ1n) is 15.0. The summed E-state index contributed by atoms with van der Waals surface area (Å²) in [6.07, 6.45) is 5.59. The molecule has 2 heterocycles. The third kappa shape index (κ3) is 4.48. The van der Waals surface area contributed by atoms with Gasteiger partial charge in [0.2, 0.25) is 0 Å². The van der Waals surface area contributed by atoms with Crippen LogP contribution in [0.4, 0.5) is 0 Å². The van der Waals surface area contributed by atoms with E-state index in [-0.39, 0.29) is 21.7 Å². The summed E-state index contributed by atoms with van der Waals surface area (Å²) in [5.41, 5.74) is 9.09. The van der Waals surface area contributed by atoms with E-state index in [0.29, 0.717) is 0 Å². The zero-order chi connectivity index (χ0) is 28.8. The maximum Gasteiger partial charge on any atom is 0.0880 e. The van der Waals surface area contributed by atoms with Crippen LogP contribution < -0.4 is 0 Å². The molecule has 3 aromatic carbocycles. The SMILES string of the molecule is CC(C)(C)Cc1cc2c(sc3c(-c4cc(C(C)(C)C)c5ccccc5c4)nccc32)c2c1C(C)(C)CCC2(C)C. The normalized spacial score (nSPS) is 17.1.